The van der Waals surface area contributed by atoms with Gasteiger partial charge in [-0.15, -0.1) is 0 Å². The molecule has 1 saturated heterocycles. The Hall–Kier alpha value is -0.0400. The maximum absolute atomic E-state index is 2.43. The summed E-state index contributed by atoms with van der Waals surface area (Å²) in [6, 6.07) is 0. The summed E-state index contributed by atoms with van der Waals surface area (Å²) in [5.41, 5.74) is 0.800. The van der Waals surface area contributed by atoms with Gasteiger partial charge in [-0.2, -0.15) is 0 Å². The predicted molar refractivity (Wildman–Crippen MR) is 49.7 cm³/mol. The molecule has 1 spiro atoms. The Bertz CT molecular complexity index is 125. The van der Waals surface area contributed by atoms with E-state index in [2.05, 4.69) is 18.9 Å². The molecule has 1 saturated carbocycles. The van der Waals surface area contributed by atoms with Crippen molar-refractivity contribution < 1.29 is 0 Å². The molecule has 1 atom stereocenters. The van der Waals surface area contributed by atoms with Crippen LogP contribution in [0.5, 0.6) is 0 Å². The molecule has 2 fully saturated rings. The maximum Gasteiger partial charge on any atom is 0.00500 e. The van der Waals surface area contributed by atoms with E-state index in [4.69, 9.17) is 0 Å². The van der Waals surface area contributed by atoms with E-state index < -0.39 is 0 Å². The highest BCUT2D eigenvalue weighted by Gasteiger charge is 2.50. The van der Waals surface area contributed by atoms with Crippen molar-refractivity contribution in [3.8, 4) is 0 Å². The standard InChI is InChI=1S/C8H15N.C2H6/c1-7-3-4-8(7)5-9(2)6-8;1-2/h7H,3-6H2,1-2H3;1-2H3. The Morgan fingerprint density at radius 3 is 1.91 bits per heavy atom. The predicted octanol–water partition coefficient (Wildman–Crippen LogP) is 2.37. The summed E-state index contributed by atoms with van der Waals surface area (Å²) in [7, 11) is 2.22. The van der Waals surface area contributed by atoms with Gasteiger partial charge < -0.3 is 4.90 Å². The molecule has 11 heavy (non-hydrogen) atoms. The first kappa shape index (κ1) is 9.05. The molecule has 1 nitrogen and oxygen atoms in total. The van der Waals surface area contributed by atoms with Gasteiger partial charge in [-0.05, 0) is 31.2 Å². The van der Waals surface area contributed by atoms with Crippen molar-refractivity contribution >= 4 is 0 Å². The van der Waals surface area contributed by atoms with Crippen molar-refractivity contribution in [1.29, 1.82) is 0 Å². The summed E-state index contributed by atoms with van der Waals surface area (Å²) < 4.78 is 0. The number of hydrogen-bond acceptors (Lipinski definition) is 1. The Balaban J connectivity index is 0.000000281. The molecule has 0 radical (unpaired) electrons. The lowest BCUT2D eigenvalue weighted by atomic mass is 9.57. The summed E-state index contributed by atoms with van der Waals surface area (Å²) in [5, 5.41) is 0. The van der Waals surface area contributed by atoms with Gasteiger partial charge in [0.2, 0.25) is 0 Å². The van der Waals surface area contributed by atoms with Gasteiger partial charge in [0.15, 0.2) is 0 Å². The zero-order valence-electron chi connectivity index (χ0n) is 8.35. The van der Waals surface area contributed by atoms with Gasteiger partial charge in [-0.3, -0.25) is 0 Å². The lowest BCUT2D eigenvalue weighted by Gasteiger charge is -2.59. The van der Waals surface area contributed by atoms with Crippen molar-refractivity contribution in [3.05, 3.63) is 0 Å². The van der Waals surface area contributed by atoms with Crippen LogP contribution in [0.25, 0.3) is 0 Å². The van der Waals surface area contributed by atoms with E-state index in [1.165, 1.54) is 25.9 Å². The zero-order valence-corrected chi connectivity index (χ0v) is 8.35. The van der Waals surface area contributed by atoms with E-state index in [0.717, 1.165) is 11.3 Å². The van der Waals surface area contributed by atoms with Crippen LogP contribution >= 0.6 is 0 Å². The van der Waals surface area contributed by atoms with Gasteiger partial charge >= 0.3 is 0 Å². The van der Waals surface area contributed by atoms with Crippen molar-refractivity contribution in [1.82, 2.24) is 4.90 Å². The first-order chi connectivity index (χ1) is 5.23. The molecular weight excluding hydrogens is 134 g/mol. The fourth-order valence-corrected chi connectivity index (χ4v) is 2.34. The molecule has 0 aromatic carbocycles. The number of rotatable bonds is 0. The Morgan fingerprint density at radius 1 is 1.27 bits per heavy atom. The third-order valence-electron chi connectivity index (χ3n) is 3.29. The first-order valence-corrected chi connectivity index (χ1v) is 4.91. The molecule has 1 heterocycles. The van der Waals surface area contributed by atoms with Crippen LogP contribution in [0.2, 0.25) is 0 Å². The van der Waals surface area contributed by atoms with Crippen molar-refractivity contribution in [2.24, 2.45) is 11.3 Å². The molecule has 2 rings (SSSR count). The summed E-state index contributed by atoms with van der Waals surface area (Å²) in [6.45, 7) is 9.14. The number of nitrogens with zero attached hydrogens (tertiary/aromatic N) is 1. The van der Waals surface area contributed by atoms with Crippen molar-refractivity contribution in [3.63, 3.8) is 0 Å². The highest BCUT2D eigenvalue weighted by atomic mass is 15.2. The van der Waals surface area contributed by atoms with Gasteiger partial charge in [-0.25, -0.2) is 0 Å². The van der Waals surface area contributed by atoms with Crippen molar-refractivity contribution in [2.45, 2.75) is 33.6 Å². The van der Waals surface area contributed by atoms with Crippen LogP contribution in [-0.2, 0) is 0 Å². The Labute approximate surface area is 70.8 Å². The third-order valence-corrected chi connectivity index (χ3v) is 3.29. The molecule has 0 aromatic rings. The van der Waals surface area contributed by atoms with Gasteiger partial charge in [-0.1, -0.05) is 20.8 Å². The highest BCUT2D eigenvalue weighted by Crippen LogP contribution is 2.51. The van der Waals surface area contributed by atoms with E-state index >= 15 is 0 Å². The zero-order chi connectivity index (χ0) is 8.48. The fraction of sp³-hybridized carbons (Fsp3) is 1.00. The smallest absolute Gasteiger partial charge is 0.00500 e. The lowest BCUT2D eigenvalue weighted by molar-refractivity contribution is -0.0937. The second kappa shape index (κ2) is 3.14. The monoisotopic (exact) mass is 155 g/mol. The minimum Gasteiger partial charge on any atom is -0.305 e. The normalized spacial score (nSPS) is 33.3. The van der Waals surface area contributed by atoms with Gasteiger partial charge in [0.1, 0.15) is 0 Å². The fourth-order valence-electron chi connectivity index (χ4n) is 2.34. The molecule has 1 aliphatic heterocycles. The molecule has 1 unspecified atom stereocenters. The van der Waals surface area contributed by atoms with Gasteiger partial charge in [0.05, 0.1) is 0 Å². The molecule has 2 aliphatic rings. The SMILES string of the molecule is CC.CC1CCC12CN(C)C2. The van der Waals surface area contributed by atoms with Crippen LogP contribution in [0.1, 0.15) is 33.6 Å². The molecule has 1 heteroatoms. The largest absolute Gasteiger partial charge is 0.305 e. The number of hydrogen-bond donors (Lipinski definition) is 0. The van der Waals surface area contributed by atoms with E-state index in [1.54, 1.807) is 0 Å². The van der Waals surface area contributed by atoms with Gasteiger partial charge in [0.25, 0.3) is 0 Å². The number of likely N-dealkylation sites (tertiary alicyclic amines) is 1. The minimum absolute atomic E-state index is 0.800. The highest BCUT2D eigenvalue weighted by molar-refractivity contribution is 5.03. The molecule has 0 N–H and O–H groups in total. The van der Waals surface area contributed by atoms with E-state index in [1.807, 2.05) is 13.8 Å². The average molecular weight is 155 g/mol. The van der Waals surface area contributed by atoms with Crippen LogP contribution < -0.4 is 0 Å². The quantitative estimate of drug-likeness (QED) is 0.519. The molecule has 1 aliphatic carbocycles. The summed E-state index contributed by atoms with van der Waals surface area (Å²) in [4.78, 5) is 2.43. The second-order valence-corrected chi connectivity index (χ2v) is 3.97. The topological polar surface area (TPSA) is 3.24 Å². The van der Waals surface area contributed by atoms with E-state index in [-0.39, 0.29) is 0 Å². The van der Waals surface area contributed by atoms with Gasteiger partial charge in [0, 0.05) is 13.1 Å². The van der Waals surface area contributed by atoms with E-state index in [0.29, 0.717) is 0 Å². The summed E-state index contributed by atoms with van der Waals surface area (Å²) in [6.07, 6.45) is 2.98. The second-order valence-electron chi connectivity index (χ2n) is 3.97. The molecule has 66 valence electrons. The van der Waals surface area contributed by atoms with E-state index in [9.17, 15) is 0 Å². The van der Waals surface area contributed by atoms with Crippen molar-refractivity contribution in [2.75, 3.05) is 20.1 Å². The molecule has 0 aromatic heterocycles. The molecular formula is C10H21N. The van der Waals surface area contributed by atoms with Crippen LogP contribution in [0, 0.1) is 11.3 Å². The average Bonchev–Trinajstić information content (AvgIpc) is 1.99. The van der Waals surface area contributed by atoms with Crippen LogP contribution in [0.3, 0.4) is 0 Å². The third kappa shape index (κ3) is 1.31. The Kier molecular flexibility index (Phi) is 2.58. The summed E-state index contributed by atoms with van der Waals surface area (Å²) >= 11 is 0. The maximum atomic E-state index is 2.43. The van der Waals surface area contributed by atoms with Crippen LogP contribution in [0.15, 0.2) is 0 Å². The molecule has 0 bridgehead atoms. The summed E-state index contributed by atoms with van der Waals surface area (Å²) in [5.74, 6) is 1.02. The van der Waals surface area contributed by atoms with Crippen LogP contribution in [-0.4, -0.2) is 25.0 Å². The van der Waals surface area contributed by atoms with Crippen LogP contribution in [0.4, 0.5) is 0 Å². The molecule has 0 amide bonds. The first-order valence-electron chi connectivity index (χ1n) is 4.91. The lowest BCUT2D eigenvalue weighted by Crippen LogP contribution is -2.62. The minimum atomic E-state index is 0.800. The Morgan fingerprint density at radius 2 is 1.82 bits per heavy atom.